The molecule has 0 spiro atoms. The average molecular weight is 119 g/mol. The summed E-state index contributed by atoms with van der Waals surface area (Å²) >= 11 is 0. The minimum Gasteiger partial charge on any atom is -0.376 e. The summed E-state index contributed by atoms with van der Waals surface area (Å²) in [6.45, 7) is 3.80. The number of aliphatic hydroxyl groups is 1. The van der Waals surface area contributed by atoms with E-state index in [1.165, 1.54) is 0 Å². The number of hydroxylamine groups is 1. The van der Waals surface area contributed by atoms with Crippen molar-refractivity contribution in [2.24, 2.45) is 5.92 Å². The first-order valence-electron chi connectivity index (χ1n) is 2.80. The van der Waals surface area contributed by atoms with Gasteiger partial charge in [-0.1, -0.05) is 13.8 Å². The fourth-order valence-electron chi connectivity index (χ4n) is 0.351. The third-order valence-corrected chi connectivity index (χ3v) is 1.32. The van der Waals surface area contributed by atoms with Gasteiger partial charge in [0.2, 0.25) is 0 Å². The summed E-state index contributed by atoms with van der Waals surface area (Å²) in [5, 5.41) is 16.9. The molecule has 2 unspecified atom stereocenters. The molecule has 3 N–H and O–H groups in total. The SMILES string of the molecule is CCC(C)C(O)NO. The molecule has 0 saturated carbocycles. The summed E-state index contributed by atoms with van der Waals surface area (Å²) in [5.74, 6) is 0.111. The van der Waals surface area contributed by atoms with Gasteiger partial charge in [-0.15, -0.1) is 0 Å². The third kappa shape index (κ3) is 2.26. The number of hydrogen-bond donors (Lipinski definition) is 3. The molecular weight excluding hydrogens is 106 g/mol. The third-order valence-electron chi connectivity index (χ3n) is 1.32. The molecule has 0 aliphatic rings. The molecule has 0 aromatic heterocycles. The molecule has 0 aromatic rings. The van der Waals surface area contributed by atoms with Crippen molar-refractivity contribution in [3.05, 3.63) is 0 Å². The van der Waals surface area contributed by atoms with Crippen LogP contribution in [-0.2, 0) is 0 Å². The smallest absolute Gasteiger partial charge is 0.129 e. The van der Waals surface area contributed by atoms with Crippen molar-refractivity contribution in [3.8, 4) is 0 Å². The molecule has 2 atom stereocenters. The second kappa shape index (κ2) is 3.83. The standard InChI is InChI=1S/C5H13NO2/c1-3-4(2)5(7)6-8/h4-8H,3H2,1-2H3. The lowest BCUT2D eigenvalue weighted by Gasteiger charge is -2.13. The van der Waals surface area contributed by atoms with Gasteiger partial charge in [0, 0.05) is 0 Å². The van der Waals surface area contributed by atoms with Gasteiger partial charge in [0.25, 0.3) is 0 Å². The maximum absolute atomic E-state index is 8.77. The van der Waals surface area contributed by atoms with E-state index in [-0.39, 0.29) is 5.92 Å². The molecule has 50 valence electrons. The van der Waals surface area contributed by atoms with Crippen molar-refractivity contribution in [2.45, 2.75) is 26.5 Å². The van der Waals surface area contributed by atoms with E-state index in [0.717, 1.165) is 6.42 Å². The second-order valence-electron chi connectivity index (χ2n) is 1.96. The minimum atomic E-state index is -0.778. The zero-order valence-electron chi connectivity index (χ0n) is 5.26. The van der Waals surface area contributed by atoms with Crippen molar-refractivity contribution >= 4 is 0 Å². The lowest BCUT2D eigenvalue weighted by Crippen LogP contribution is -2.31. The van der Waals surface area contributed by atoms with E-state index in [2.05, 4.69) is 0 Å². The van der Waals surface area contributed by atoms with E-state index in [0.29, 0.717) is 0 Å². The summed E-state index contributed by atoms with van der Waals surface area (Å²) in [6, 6.07) is 0. The monoisotopic (exact) mass is 119 g/mol. The molecule has 0 saturated heterocycles. The van der Waals surface area contributed by atoms with Crippen LogP contribution in [0.4, 0.5) is 0 Å². The fourth-order valence-corrected chi connectivity index (χ4v) is 0.351. The lowest BCUT2D eigenvalue weighted by atomic mass is 10.1. The van der Waals surface area contributed by atoms with Gasteiger partial charge in [-0.2, -0.15) is 5.48 Å². The number of hydrogen-bond acceptors (Lipinski definition) is 3. The second-order valence-corrected chi connectivity index (χ2v) is 1.96. The number of aliphatic hydroxyl groups excluding tert-OH is 1. The molecule has 0 rings (SSSR count). The highest BCUT2D eigenvalue weighted by Gasteiger charge is 2.08. The van der Waals surface area contributed by atoms with Crippen LogP contribution in [0.25, 0.3) is 0 Å². The first-order valence-corrected chi connectivity index (χ1v) is 2.80. The van der Waals surface area contributed by atoms with E-state index in [4.69, 9.17) is 10.3 Å². The number of nitrogens with one attached hydrogen (secondary N) is 1. The molecule has 0 heterocycles. The molecule has 3 nitrogen and oxygen atoms in total. The topological polar surface area (TPSA) is 52.5 Å². The molecule has 0 aliphatic carbocycles. The van der Waals surface area contributed by atoms with Gasteiger partial charge in [0.05, 0.1) is 0 Å². The highest BCUT2D eigenvalue weighted by atomic mass is 16.5. The van der Waals surface area contributed by atoms with Crippen molar-refractivity contribution in [3.63, 3.8) is 0 Å². The summed E-state index contributed by atoms with van der Waals surface area (Å²) in [5.41, 5.74) is 1.77. The Morgan fingerprint density at radius 3 is 2.25 bits per heavy atom. The molecule has 3 heteroatoms. The van der Waals surface area contributed by atoms with Crippen LogP contribution in [0, 0.1) is 5.92 Å². The maximum atomic E-state index is 8.77. The summed E-state index contributed by atoms with van der Waals surface area (Å²) < 4.78 is 0. The van der Waals surface area contributed by atoms with Crippen molar-refractivity contribution in [1.82, 2.24) is 5.48 Å². The maximum Gasteiger partial charge on any atom is 0.129 e. The Labute approximate surface area is 49.3 Å². The average Bonchev–Trinajstić information content (AvgIpc) is 1.84. The van der Waals surface area contributed by atoms with Gasteiger partial charge < -0.3 is 10.3 Å². The van der Waals surface area contributed by atoms with Gasteiger partial charge >= 0.3 is 0 Å². The molecule has 0 aliphatic heterocycles. The summed E-state index contributed by atoms with van der Waals surface area (Å²) in [7, 11) is 0. The molecule has 0 aromatic carbocycles. The Hall–Kier alpha value is -0.120. The van der Waals surface area contributed by atoms with Gasteiger partial charge in [0.15, 0.2) is 0 Å². The quantitative estimate of drug-likeness (QED) is 0.370. The Morgan fingerprint density at radius 2 is 2.12 bits per heavy atom. The predicted molar refractivity (Wildman–Crippen MR) is 30.4 cm³/mol. The van der Waals surface area contributed by atoms with Crippen molar-refractivity contribution in [2.75, 3.05) is 0 Å². The van der Waals surface area contributed by atoms with E-state index < -0.39 is 6.23 Å². The van der Waals surface area contributed by atoms with Crippen LogP contribution >= 0.6 is 0 Å². The van der Waals surface area contributed by atoms with Crippen LogP contribution in [-0.4, -0.2) is 16.5 Å². The van der Waals surface area contributed by atoms with Gasteiger partial charge in [0.1, 0.15) is 6.23 Å². The molecule has 0 amide bonds. The highest BCUT2D eigenvalue weighted by Crippen LogP contribution is 2.02. The Kier molecular flexibility index (Phi) is 3.77. The largest absolute Gasteiger partial charge is 0.376 e. The number of rotatable bonds is 3. The van der Waals surface area contributed by atoms with Gasteiger partial charge in [-0.05, 0) is 12.3 Å². The predicted octanol–water partition coefficient (Wildman–Crippen LogP) is 0.330. The summed E-state index contributed by atoms with van der Waals surface area (Å²) in [6.07, 6.45) is 0.0781. The normalized spacial score (nSPS) is 18.0. The van der Waals surface area contributed by atoms with Crippen LogP contribution in [0.2, 0.25) is 0 Å². The lowest BCUT2D eigenvalue weighted by molar-refractivity contribution is -0.0302. The minimum absolute atomic E-state index is 0.111. The van der Waals surface area contributed by atoms with Crippen LogP contribution in [0.3, 0.4) is 0 Å². The van der Waals surface area contributed by atoms with Gasteiger partial charge in [-0.3, -0.25) is 0 Å². The zero-order chi connectivity index (χ0) is 6.57. The van der Waals surface area contributed by atoms with Crippen molar-refractivity contribution < 1.29 is 10.3 Å². The van der Waals surface area contributed by atoms with E-state index in [9.17, 15) is 0 Å². The van der Waals surface area contributed by atoms with Gasteiger partial charge in [-0.25, -0.2) is 0 Å². The highest BCUT2D eigenvalue weighted by molar-refractivity contribution is 4.53. The zero-order valence-corrected chi connectivity index (χ0v) is 5.26. The fraction of sp³-hybridized carbons (Fsp3) is 1.00. The molecule has 8 heavy (non-hydrogen) atoms. The summed E-state index contributed by atoms with van der Waals surface area (Å²) in [4.78, 5) is 0. The molecule has 0 radical (unpaired) electrons. The van der Waals surface area contributed by atoms with Crippen LogP contribution in [0.15, 0.2) is 0 Å². The molecule has 0 fully saturated rings. The van der Waals surface area contributed by atoms with Crippen molar-refractivity contribution in [1.29, 1.82) is 0 Å². The van der Waals surface area contributed by atoms with Crippen LogP contribution in [0.1, 0.15) is 20.3 Å². The Balaban J connectivity index is 3.29. The Bertz CT molecular complexity index is 50.4. The van der Waals surface area contributed by atoms with Crippen LogP contribution in [0.5, 0.6) is 0 Å². The molecular formula is C5H13NO2. The van der Waals surface area contributed by atoms with E-state index in [1.54, 1.807) is 5.48 Å². The molecule has 0 bridgehead atoms. The Morgan fingerprint density at radius 1 is 1.62 bits per heavy atom. The first-order chi connectivity index (χ1) is 3.72. The van der Waals surface area contributed by atoms with E-state index in [1.807, 2.05) is 13.8 Å². The first kappa shape index (κ1) is 7.88. The van der Waals surface area contributed by atoms with E-state index >= 15 is 0 Å². The van der Waals surface area contributed by atoms with Crippen LogP contribution < -0.4 is 5.48 Å².